The summed E-state index contributed by atoms with van der Waals surface area (Å²) in [6.07, 6.45) is 0. The topological polar surface area (TPSA) is 58.9 Å². The second kappa shape index (κ2) is 5.55. The van der Waals surface area contributed by atoms with Crippen molar-refractivity contribution in [2.75, 3.05) is 6.61 Å². The normalized spacial score (nSPS) is 9.80. The van der Waals surface area contributed by atoms with Gasteiger partial charge in [0.05, 0.1) is 11.8 Å². The Hall–Kier alpha value is -0.500. The first-order valence-electron chi connectivity index (χ1n) is 4.13. The number of aromatic hydroxyl groups is 1. The highest BCUT2D eigenvalue weighted by atomic mass is 32.1. The summed E-state index contributed by atoms with van der Waals surface area (Å²) in [5.74, 6) is -0.642. The fourth-order valence-corrected chi connectivity index (χ4v) is 1.95. The van der Waals surface area contributed by atoms with Crippen molar-refractivity contribution in [3.05, 3.63) is 10.3 Å². The minimum absolute atomic E-state index is 0.124. The molecule has 0 aliphatic heterocycles. The molecule has 0 saturated heterocycles. The third-order valence-electron chi connectivity index (χ3n) is 1.46. The highest BCUT2D eigenvalue weighted by molar-refractivity contribution is 7.69. The molecular formula is C8H11NO3P2S. The molecule has 7 heteroatoms. The number of carbonyl (C=O) groups is 1. The second-order valence-electron chi connectivity index (χ2n) is 2.56. The van der Waals surface area contributed by atoms with E-state index in [0.717, 1.165) is 11.3 Å². The van der Waals surface area contributed by atoms with Crippen molar-refractivity contribution >= 4 is 46.7 Å². The third kappa shape index (κ3) is 3.23. The standard InChI is InChI=1S/C8H11NO3P2S/c1-2-12-7(11)6-5(10)4(3-15-6)9-8(13)14/h3,10H,2,13-14H2,1H3. The molecule has 0 aliphatic rings. The van der Waals surface area contributed by atoms with Crippen LogP contribution in [-0.2, 0) is 4.74 Å². The average Bonchev–Trinajstić information content (AvgIpc) is 2.48. The molecule has 0 radical (unpaired) electrons. The van der Waals surface area contributed by atoms with Gasteiger partial charge in [0.15, 0.2) is 10.6 Å². The van der Waals surface area contributed by atoms with Gasteiger partial charge in [0.2, 0.25) is 0 Å². The number of hydrogen-bond acceptors (Lipinski definition) is 5. The molecule has 82 valence electrons. The fraction of sp³-hybridized carbons (Fsp3) is 0.250. The van der Waals surface area contributed by atoms with E-state index in [1.54, 1.807) is 12.3 Å². The first-order valence-corrected chi connectivity index (χ1v) is 6.17. The van der Waals surface area contributed by atoms with Crippen molar-refractivity contribution in [1.29, 1.82) is 0 Å². The van der Waals surface area contributed by atoms with Gasteiger partial charge in [-0.1, -0.05) is 18.5 Å². The van der Waals surface area contributed by atoms with Gasteiger partial charge in [0, 0.05) is 5.38 Å². The van der Waals surface area contributed by atoms with E-state index in [4.69, 9.17) is 4.74 Å². The molecule has 2 atom stereocenters. The molecule has 1 aromatic rings. The summed E-state index contributed by atoms with van der Waals surface area (Å²) >= 11 is 1.12. The minimum atomic E-state index is -0.518. The summed E-state index contributed by atoms with van der Waals surface area (Å²) < 4.78 is 4.78. The second-order valence-corrected chi connectivity index (χ2v) is 5.29. The largest absolute Gasteiger partial charge is 0.504 e. The number of carbonyl (C=O) groups excluding carboxylic acids is 1. The van der Waals surface area contributed by atoms with E-state index in [1.807, 2.05) is 0 Å². The lowest BCUT2D eigenvalue weighted by atomic mass is 10.4. The Morgan fingerprint density at radius 3 is 2.87 bits per heavy atom. The summed E-state index contributed by atoms with van der Waals surface area (Å²) in [6, 6.07) is 0. The smallest absolute Gasteiger partial charge is 0.352 e. The quantitative estimate of drug-likeness (QED) is 0.517. The summed E-state index contributed by atoms with van der Waals surface area (Å²) in [7, 11) is 4.75. The highest BCUT2D eigenvalue weighted by Crippen LogP contribution is 2.37. The lowest BCUT2D eigenvalue weighted by molar-refractivity contribution is 0.0529. The number of aliphatic imine (C=N–C) groups is 1. The van der Waals surface area contributed by atoms with E-state index in [-0.39, 0.29) is 17.2 Å². The van der Waals surface area contributed by atoms with Crippen LogP contribution in [0.3, 0.4) is 0 Å². The third-order valence-corrected chi connectivity index (χ3v) is 2.65. The molecule has 0 saturated carbocycles. The van der Waals surface area contributed by atoms with E-state index >= 15 is 0 Å². The van der Waals surface area contributed by atoms with Gasteiger partial charge in [-0.25, -0.2) is 9.79 Å². The van der Waals surface area contributed by atoms with E-state index < -0.39 is 5.97 Å². The Bertz CT molecular complexity index is 399. The monoisotopic (exact) mass is 263 g/mol. The van der Waals surface area contributed by atoms with E-state index in [9.17, 15) is 9.90 Å². The van der Waals surface area contributed by atoms with E-state index in [2.05, 4.69) is 23.5 Å². The van der Waals surface area contributed by atoms with Gasteiger partial charge >= 0.3 is 5.97 Å². The SMILES string of the molecule is CCOC(=O)c1scc(N=C(P)P)c1O. The Morgan fingerprint density at radius 2 is 2.33 bits per heavy atom. The molecule has 1 N–H and O–H groups in total. The molecule has 1 heterocycles. The maximum absolute atomic E-state index is 11.3. The molecule has 0 fully saturated rings. The predicted molar refractivity (Wildman–Crippen MR) is 68.5 cm³/mol. The zero-order valence-electron chi connectivity index (χ0n) is 8.06. The molecule has 0 aromatic carbocycles. The maximum atomic E-state index is 11.3. The van der Waals surface area contributed by atoms with Crippen LogP contribution in [0.15, 0.2) is 10.4 Å². The average molecular weight is 263 g/mol. The van der Waals surface area contributed by atoms with Gasteiger partial charge in [0.1, 0.15) is 5.69 Å². The molecule has 0 bridgehead atoms. The number of esters is 1. The van der Waals surface area contributed by atoms with Crippen molar-refractivity contribution in [3.63, 3.8) is 0 Å². The fourth-order valence-electron chi connectivity index (χ4n) is 0.903. The zero-order valence-corrected chi connectivity index (χ0v) is 11.2. The molecule has 1 aromatic heterocycles. The molecule has 0 amide bonds. The molecule has 2 unspecified atom stereocenters. The first kappa shape index (κ1) is 12.6. The molecule has 4 nitrogen and oxygen atoms in total. The van der Waals surface area contributed by atoms with Crippen molar-refractivity contribution in [1.82, 2.24) is 0 Å². The van der Waals surface area contributed by atoms with E-state index in [0.29, 0.717) is 10.9 Å². The Kier molecular flexibility index (Phi) is 4.65. The molecule has 1 rings (SSSR count). The van der Waals surface area contributed by atoms with Crippen LogP contribution in [0.2, 0.25) is 0 Å². The number of ether oxygens (including phenoxy) is 1. The molecule has 0 spiro atoms. The first-order chi connectivity index (χ1) is 7.06. The number of thiophene rings is 1. The van der Waals surface area contributed by atoms with Gasteiger partial charge in [-0.3, -0.25) is 0 Å². The van der Waals surface area contributed by atoms with Crippen molar-refractivity contribution in [3.8, 4) is 5.75 Å². The summed E-state index contributed by atoms with van der Waals surface area (Å²) in [4.78, 5) is 15.5. The van der Waals surface area contributed by atoms with Crippen LogP contribution < -0.4 is 0 Å². The lowest BCUT2D eigenvalue weighted by Crippen LogP contribution is -2.01. The van der Waals surface area contributed by atoms with Crippen LogP contribution in [-0.4, -0.2) is 22.9 Å². The van der Waals surface area contributed by atoms with Gasteiger partial charge in [0.25, 0.3) is 0 Å². The molecular weight excluding hydrogens is 252 g/mol. The van der Waals surface area contributed by atoms with Crippen LogP contribution in [0, 0.1) is 0 Å². The lowest BCUT2D eigenvalue weighted by Gasteiger charge is -1.99. The van der Waals surface area contributed by atoms with Crippen LogP contribution in [0.25, 0.3) is 0 Å². The van der Waals surface area contributed by atoms with Gasteiger partial charge in [-0.2, -0.15) is 0 Å². The molecule has 0 aliphatic carbocycles. The highest BCUT2D eigenvalue weighted by Gasteiger charge is 2.18. The Balaban J connectivity index is 2.99. The van der Waals surface area contributed by atoms with Crippen LogP contribution in [0.5, 0.6) is 5.75 Å². The maximum Gasteiger partial charge on any atom is 0.352 e. The van der Waals surface area contributed by atoms with Crippen molar-refractivity contribution in [2.45, 2.75) is 6.92 Å². The predicted octanol–water partition coefficient (Wildman–Crippen LogP) is 2.37. The van der Waals surface area contributed by atoms with Crippen LogP contribution in [0.4, 0.5) is 5.69 Å². The van der Waals surface area contributed by atoms with Gasteiger partial charge in [-0.05, 0) is 6.92 Å². The van der Waals surface area contributed by atoms with Crippen LogP contribution >= 0.6 is 29.8 Å². The summed E-state index contributed by atoms with van der Waals surface area (Å²) in [5, 5.41) is 11.9. The van der Waals surface area contributed by atoms with Crippen LogP contribution in [0.1, 0.15) is 16.6 Å². The Morgan fingerprint density at radius 1 is 1.67 bits per heavy atom. The Labute approximate surface area is 96.2 Å². The summed E-state index contributed by atoms with van der Waals surface area (Å²) in [6.45, 7) is 2.00. The van der Waals surface area contributed by atoms with E-state index in [1.165, 1.54) is 0 Å². The van der Waals surface area contributed by atoms with Gasteiger partial charge in [-0.15, -0.1) is 11.3 Å². The number of hydrogen-bond donors (Lipinski definition) is 1. The minimum Gasteiger partial charge on any atom is -0.504 e. The molecule has 15 heavy (non-hydrogen) atoms. The van der Waals surface area contributed by atoms with Crippen molar-refractivity contribution in [2.24, 2.45) is 4.99 Å². The summed E-state index contributed by atoms with van der Waals surface area (Å²) in [5.41, 5.74) is 0.378. The van der Waals surface area contributed by atoms with Gasteiger partial charge < -0.3 is 9.84 Å². The number of nitrogens with zero attached hydrogens (tertiary/aromatic N) is 1. The van der Waals surface area contributed by atoms with Crippen molar-refractivity contribution < 1.29 is 14.6 Å². The zero-order chi connectivity index (χ0) is 11.4. The number of rotatable bonds is 3.